The summed E-state index contributed by atoms with van der Waals surface area (Å²) in [6.45, 7) is 10.6. The molecule has 0 bridgehead atoms. The van der Waals surface area contributed by atoms with Crippen LogP contribution in [0.1, 0.15) is 47.5 Å². The van der Waals surface area contributed by atoms with Crippen molar-refractivity contribution in [3.05, 3.63) is 23.3 Å². The minimum Gasteiger partial charge on any atom is -0.378 e. The molecule has 0 fully saturated rings. The number of ether oxygens (including phenoxy) is 1. The van der Waals surface area contributed by atoms with E-state index in [4.69, 9.17) is 4.74 Å². The molecule has 0 aromatic rings. The maximum Gasteiger partial charge on any atom is 0.0719 e. The molecule has 0 amide bonds. The maximum absolute atomic E-state index is 5.55. The van der Waals surface area contributed by atoms with E-state index in [1.807, 2.05) is 0 Å². The fraction of sp³-hybridized carbons (Fsp3) is 0.692. The molecule has 82 valence electrons. The minimum absolute atomic E-state index is 0.0471. The molecule has 0 spiro atoms. The Balaban J connectivity index is 4.32. The maximum atomic E-state index is 5.55. The number of allylic oxidation sites excluding steroid dienone is 2. The molecule has 0 heterocycles. The second kappa shape index (κ2) is 6.02. The Morgan fingerprint density at radius 2 is 1.36 bits per heavy atom. The lowest BCUT2D eigenvalue weighted by molar-refractivity contribution is 0.0110. The molecule has 0 saturated carbocycles. The highest BCUT2D eigenvalue weighted by Gasteiger charge is 2.20. The number of methoxy groups -OCH3 is 1. The van der Waals surface area contributed by atoms with Gasteiger partial charge in [-0.15, -0.1) is 0 Å². The van der Waals surface area contributed by atoms with E-state index in [0.717, 1.165) is 12.8 Å². The molecular formula is C13H24O. The van der Waals surface area contributed by atoms with Gasteiger partial charge >= 0.3 is 0 Å². The van der Waals surface area contributed by atoms with Crippen LogP contribution in [0.15, 0.2) is 23.3 Å². The van der Waals surface area contributed by atoms with Crippen molar-refractivity contribution in [2.24, 2.45) is 0 Å². The molecule has 14 heavy (non-hydrogen) atoms. The summed E-state index contributed by atoms with van der Waals surface area (Å²) in [5.74, 6) is 0. The lowest BCUT2D eigenvalue weighted by atomic mass is 9.95. The molecule has 0 aliphatic rings. The smallest absolute Gasteiger partial charge is 0.0719 e. The summed E-state index contributed by atoms with van der Waals surface area (Å²) in [5.41, 5.74) is 2.66. The molecule has 1 heteroatoms. The van der Waals surface area contributed by atoms with Crippen molar-refractivity contribution in [2.45, 2.75) is 53.1 Å². The largest absolute Gasteiger partial charge is 0.378 e. The Hall–Kier alpha value is -0.560. The van der Waals surface area contributed by atoms with Crippen molar-refractivity contribution in [2.75, 3.05) is 7.11 Å². The van der Waals surface area contributed by atoms with E-state index >= 15 is 0 Å². The van der Waals surface area contributed by atoms with E-state index in [1.165, 1.54) is 11.1 Å². The third kappa shape index (κ3) is 5.98. The third-order valence-corrected chi connectivity index (χ3v) is 2.38. The predicted molar refractivity (Wildman–Crippen MR) is 63.5 cm³/mol. The van der Waals surface area contributed by atoms with Crippen LogP contribution in [-0.2, 0) is 4.74 Å². The summed E-state index contributed by atoms with van der Waals surface area (Å²) >= 11 is 0. The van der Waals surface area contributed by atoms with Gasteiger partial charge in [0.2, 0.25) is 0 Å². The zero-order chi connectivity index (χ0) is 11.2. The molecule has 0 saturated heterocycles. The van der Waals surface area contributed by atoms with Crippen molar-refractivity contribution in [3.8, 4) is 0 Å². The van der Waals surface area contributed by atoms with Crippen molar-refractivity contribution >= 4 is 0 Å². The first-order chi connectivity index (χ1) is 6.39. The second-order valence-electron chi connectivity index (χ2n) is 4.63. The summed E-state index contributed by atoms with van der Waals surface area (Å²) in [7, 11) is 1.79. The number of rotatable bonds is 5. The first-order valence-electron chi connectivity index (χ1n) is 5.21. The van der Waals surface area contributed by atoms with Gasteiger partial charge < -0.3 is 4.74 Å². The minimum atomic E-state index is -0.0471. The van der Waals surface area contributed by atoms with E-state index in [1.54, 1.807) is 7.11 Å². The standard InChI is InChI=1S/C13H24O/c1-11(2)7-9-13(5,14-6)10-8-12(3)4/h7-8H,9-10H2,1-6H3. The van der Waals surface area contributed by atoms with Gasteiger partial charge in [-0.3, -0.25) is 0 Å². The van der Waals surface area contributed by atoms with Gasteiger partial charge in [0.25, 0.3) is 0 Å². The SMILES string of the molecule is COC(C)(CC=C(C)C)CC=C(C)C. The Morgan fingerprint density at radius 3 is 1.57 bits per heavy atom. The molecule has 0 aromatic heterocycles. The van der Waals surface area contributed by atoms with Gasteiger partial charge in [-0.25, -0.2) is 0 Å². The summed E-state index contributed by atoms with van der Waals surface area (Å²) in [6, 6.07) is 0. The van der Waals surface area contributed by atoms with Gasteiger partial charge in [0.1, 0.15) is 0 Å². The van der Waals surface area contributed by atoms with Crippen LogP contribution >= 0.6 is 0 Å². The molecule has 0 aromatic carbocycles. The summed E-state index contributed by atoms with van der Waals surface area (Å²) in [6.07, 6.45) is 6.44. The lowest BCUT2D eigenvalue weighted by Gasteiger charge is -2.25. The lowest BCUT2D eigenvalue weighted by Crippen LogP contribution is -2.25. The third-order valence-electron chi connectivity index (χ3n) is 2.38. The van der Waals surface area contributed by atoms with Gasteiger partial charge in [0.15, 0.2) is 0 Å². The number of hydrogen-bond donors (Lipinski definition) is 0. The van der Waals surface area contributed by atoms with Gasteiger partial charge in [0, 0.05) is 7.11 Å². The monoisotopic (exact) mass is 196 g/mol. The van der Waals surface area contributed by atoms with Crippen LogP contribution in [-0.4, -0.2) is 12.7 Å². The highest BCUT2D eigenvalue weighted by molar-refractivity contribution is 5.02. The Morgan fingerprint density at radius 1 is 1.00 bits per heavy atom. The average molecular weight is 196 g/mol. The molecule has 0 N–H and O–H groups in total. The van der Waals surface area contributed by atoms with Crippen molar-refractivity contribution in [1.82, 2.24) is 0 Å². The van der Waals surface area contributed by atoms with E-state index < -0.39 is 0 Å². The summed E-state index contributed by atoms with van der Waals surface area (Å²) < 4.78 is 5.55. The van der Waals surface area contributed by atoms with Crippen LogP contribution < -0.4 is 0 Å². The first-order valence-corrected chi connectivity index (χ1v) is 5.21. The van der Waals surface area contributed by atoms with Gasteiger partial charge in [-0.1, -0.05) is 23.3 Å². The van der Waals surface area contributed by atoms with Crippen molar-refractivity contribution < 1.29 is 4.74 Å². The van der Waals surface area contributed by atoms with Crippen LogP contribution in [0, 0.1) is 0 Å². The molecule has 1 nitrogen and oxygen atoms in total. The molecule has 0 aliphatic heterocycles. The van der Waals surface area contributed by atoms with E-state index in [-0.39, 0.29) is 5.60 Å². The second-order valence-corrected chi connectivity index (χ2v) is 4.63. The highest BCUT2D eigenvalue weighted by Crippen LogP contribution is 2.22. The summed E-state index contributed by atoms with van der Waals surface area (Å²) in [4.78, 5) is 0. The van der Waals surface area contributed by atoms with Crippen LogP contribution in [0.2, 0.25) is 0 Å². The van der Waals surface area contributed by atoms with E-state index in [2.05, 4.69) is 46.8 Å². The first kappa shape index (κ1) is 13.4. The Bertz CT molecular complexity index is 195. The molecule has 0 aliphatic carbocycles. The van der Waals surface area contributed by atoms with Crippen LogP contribution in [0.3, 0.4) is 0 Å². The molecule has 0 unspecified atom stereocenters. The fourth-order valence-electron chi connectivity index (χ4n) is 1.09. The van der Waals surface area contributed by atoms with Gasteiger partial charge in [-0.05, 0) is 47.5 Å². The summed E-state index contributed by atoms with van der Waals surface area (Å²) in [5, 5.41) is 0. The van der Waals surface area contributed by atoms with Crippen molar-refractivity contribution in [1.29, 1.82) is 0 Å². The van der Waals surface area contributed by atoms with Gasteiger partial charge in [-0.2, -0.15) is 0 Å². The zero-order valence-corrected chi connectivity index (χ0v) is 10.5. The van der Waals surface area contributed by atoms with Gasteiger partial charge in [0.05, 0.1) is 5.60 Å². The average Bonchev–Trinajstić information content (AvgIpc) is 2.11. The molecule has 0 rings (SSSR count). The van der Waals surface area contributed by atoms with Crippen LogP contribution in [0.25, 0.3) is 0 Å². The van der Waals surface area contributed by atoms with E-state index in [9.17, 15) is 0 Å². The van der Waals surface area contributed by atoms with Crippen LogP contribution in [0.4, 0.5) is 0 Å². The van der Waals surface area contributed by atoms with Crippen molar-refractivity contribution in [3.63, 3.8) is 0 Å². The highest BCUT2D eigenvalue weighted by atomic mass is 16.5. The molecule has 0 radical (unpaired) electrons. The van der Waals surface area contributed by atoms with Crippen LogP contribution in [0.5, 0.6) is 0 Å². The topological polar surface area (TPSA) is 9.23 Å². The quantitative estimate of drug-likeness (QED) is 0.601. The Kier molecular flexibility index (Phi) is 5.78. The fourth-order valence-corrected chi connectivity index (χ4v) is 1.09. The van der Waals surface area contributed by atoms with E-state index in [0.29, 0.717) is 0 Å². The number of hydrogen-bond acceptors (Lipinski definition) is 1. The molecular weight excluding hydrogens is 172 g/mol. The Labute approximate surface area is 88.9 Å². The zero-order valence-electron chi connectivity index (χ0n) is 10.5. The predicted octanol–water partition coefficient (Wildman–Crippen LogP) is 4.10. The normalized spacial score (nSPS) is 11.0. The molecule has 0 atom stereocenters.